The quantitative estimate of drug-likeness (QED) is 0.554. The highest BCUT2D eigenvalue weighted by Gasteiger charge is 2.23. The molecule has 1 aliphatic carbocycles. The smallest absolute Gasteiger partial charge is 0.227 e. The van der Waals surface area contributed by atoms with Crippen LogP contribution in [0, 0.1) is 0 Å². The molecule has 8 heteroatoms. The third-order valence-corrected chi connectivity index (χ3v) is 5.22. The van der Waals surface area contributed by atoms with E-state index in [1.807, 2.05) is 18.2 Å². The van der Waals surface area contributed by atoms with Crippen LogP contribution in [0.1, 0.15) is 36.3 Å². The first kappa shape index (κ1) is 19.1. The van der Waals surface area contributed by atoms with E-state index in [-0.39, 0.29) is 18.4 Å². The number of aryl methyl sites for hydroxylation is 1. The summed E-state index contributed by atoms with van der Waals surface area (Å²) < 4.78 is 1.64. The standard InChI is InChI=1S/C21H24N6O2/c22-20(29)17-4-2-1-3-14-5-6-15(11-18(14)17)19-7-8-23-21(26-19)25-16-12-24-27(13-16)9-10-28/h5-8,11-13,17,28H,1-4,9-10H2,(H2,22,29)(H,23,25,26). The van der Waals surface area contributed by atoms with Crippen molar-refractivity contribution < 1.29 is 9.90 Å². The van der Waals surface area contributed by atoms with Crippen molar-refractivity contribution in [2.45, 2.75) is 38.1 Å². The highest BCUT2D eigenvalue weighted by atomic mass is 16.3. The summed E-state index contributed by atoms with van der Waals surface area (Å²) in [6.45, 7) is 0.455. The Balaban J connectivity index is 1.61. The molecule has 0 bridgehead atoms. The molecular formula is C21H24N6O2. The maximum atomic E-state index is 12.0. The van der Waals surface area contributed by atoms with Gasteiger partial charge in [-0.3, -0.25) is 9.48 Å². The number of amides is 1. The van der Waals surface area contributed by atoms with E-state index in [0.717, 1.165) is 48.2 Å². The summed E-state index contributed by atoms with van der Waals surface area (Å²) >= 11 is 0. The molecule has 0 aliphatic heterocycles. The molecule has 1 atom stereocenters. The number of carbonyl (C=O) groups is 1. The molecule has 3 aromatic rings. The molecule has 0 saturated carbocycles. The Kier molecular flexibility index (Phi) is 5.53. The van der Waals surface area contributed by atoms with Gasteiger partial charge in [-0.15, -0.1) is 0 Å². The summed E-state index contributed by atoms with van der Waals surface area (Å²) in [6.07, 6.45) is 8.97. The fourth-order valence-corrected chi connectivity index (χ4v) is 3.78. The average molecular weight is 392 g/mol. The summed E-state index contributed by atoms with van der Waals surface area (Å²) in [6, 6.07) is 8.01. The number of hydrogen-bond acceptors (Lipinski definition) is 6. The van der Waals surface area contributed by atoms with Crippen LogP contribution in [-0.4, -0.2) is 37.4 Å². The number of aromatic nitrogens is 4. The molecule has 4 N–H and O–H groups in total. The lowest BCUT2D eigenvalue weighted by atomic mass is 9.90. The van der Waals surface area contributed by atoms with Gasteiger partial charge in [-0.2, -0.15) is 5.10 Å². The van der Waals surface area contributed by atoms with E-state index in [2.05, 4.69) is 26.4 Å². The summed E-state index contributed by atoms with van der Waals surface area (Å²) in [5.74, 6) is -0.0630. The van der Waals surface area contributed by atoms with Crippen LogP contribution in [0.15, 0.2) is 42.9 Å². The van der Waals surface area contributed by atoms with Gasteiger partial charge in [0, 0.05) is 18.0 Å². The van der Waals surface area contributed by atoms with Crippen molar-refractivity contribution in [2.24, 2.45) is 5.73 Å². The monoisotopic (exact) mass is 392 g/mol. The Morgan fingerprint density at radius 3 is 3.03 bits per heavy atom. The molecule has 4 rings (SSSR count). The molecule has 8 nitrogen and oxygen atoms in total. The van der Waals surface area contributed by atoms with Crippen molar-refractivity contribution in [3.63, 3.8) is 0 Å². The third-order valence-electron chi connectivity index (χ3n) is 5.22. The zero-order valence-corrected chi connectivity index (χ0v) is 16.1. The fourth-order valence-electron chi connectivity index (χ4n) is 3.78. The zero-order valence-electron chi connectivity index (χ0n) is 16.1. The molecule has 0 saturated heterocycles. The zero-order chi connectivity index (χ0) is 20.2. The minimum Gasteiger partial charge on any atom is -0.394 e. The lowest BCUT2D eigenvalue weighted by molar-refractivity contribution is -0.119. The van der Waals surface area contributed by atoms with Gasteiger partial charge in [-0.1, -0.05) is 18.6 Å². The number of anilines is 2. The minimum atomic E-state index is -0.268. The average Bonchev–Trinajstić information content (AvgIpc) is 3.04. The number of nitrogens with one attached hydrogen (secondary N) is 1. The number of hydrogen-bond donors (Lipinski definition) is 3. The molecule has 0 spiro atoms. The Labute approximate surface area is 168 Å². The summed E-state index contributed by atoms with van der Waals surface area (Å²) in [5, 5.41) is 16.3. The van der Waals surface area contributed by atoms with Crippen molar-refractivity contribution >= 4 is 17.5 Å². The number of aliphatic hydroxyl groups excluding tert-OH is 1. The van der Waals surface area contributed by atoms with Gasteiger partial charge in [0.25, 0.3) is 0 Å². The number of nitrogens with two attached hydrogens (primary N) is 1. The summed E-state index contributed by atoms with van der Waals surface area (Å²) in [4.78, 5) is 20.9. The first-order chi connectivity index (χ1) is 14.1. The molecule has 1 aromatic carbocycles. The second-order valence-corrected chi connectivity index (χ2v) is 7.22. The number of primary amides is 1. The van der Waals surface area contributed by atoms with E-state index >= 15 is 0 Å². The molecule has 29 heavy (non-hydrogen) atoms. The van der Waals surface area contributed by atoms with Crippen LogP contribution < -0.4 is 11.1 Å². The second-order valence-electron chi connectivity index (χ2n) is 7.22. The van der Waals surface area contributed by atoms with E-state index in [0.29, 0.717) is 12.5 Å². The molecule has 1 unspecified atom stereocenters. The molecule has 1 aliphatic rings. The number of aliphatic hydroxyl groups is 1. The molecule has 0 radical (unpaired) electrons. The Morgan fingerprint density at radius 1 is 1.31 bits per heavy atom. The maximum absolute atomic E-state index is 12.0. The SMILES string of the molecule is NC(=O)C1CCCCc2ccc(-c3ccnc(Nc4cnn(CCO)c4)n3)cc21. The van der Waals surface area contributed by atoms with Crippen LogP contribution in [0.4, 0.5) is 11.6 Å². The van der Waals surface area contributed by atoms with Gasteiger partial charge in [-0.25, -0.2) is 9.97 Å². The lowest BCUT2D eigenvalue weighted by Gasteiger charge is -2.15. The normalized spacial score (nSPS) is 16.1. The van der Waals surface area contributed by atoms with Gasteiger partial charge in [0.15, 0.2) is 0 Å². The second kappa shape index (κ2) is 8.40. The summed E-state index contributed by atoms with van der Waals surface area (Å²) in [7, 11) is 0. The van der Waals surface area contributed by atoms with Crippen molar-refractivity contribution in [1.82, 2.24) is 19.7 Å². The molecule has 2 heterocycles. The van der Waals surface area contributed by atoms with Gasteiger partial charge in [0.1, 0.15) is 0 Å². The van der Waals surface area contributed by atoms with Crippen LogP contribution >= 0.6 is 0 Å². The van der Waals surface area contributed by atoms with Crippen molar-refractivity contribution in [2.75, 3.05) is 11.9 Å². The van der Waals surface area contributed by atoms with Crippen LogP contribution in [0.3, 0.4) is 0 Å². The number of carbonyl (C=O) groups excluding carboxylic acids is 1. The maximum Gasteiger partial charge on any atom is 0.227 e. The number of rotatable bonds is 6. The van der Waals surface area contributed by atoms with Gasteiger partial charge >= 0.3 is 0 Å². The highest BCUT2D eigenvalue weighted by Crippen LogP contribution is 2.33. The van der Waals surface area contributed by atoms with E-state index in [1.54, 1.807) is 23.3 Å². The molecule has 1 amide bonds. The molecule has 0 fully saturated rings. The largest absolute Gasteiger partial charge is 0.394 e. The predicted octanol–water partition coefficient (Wildman–Crippen LogP) is 2.37. The van der Waals surface area contributed by atoms with Crippen molar-refractivity contribution in [3.05, 3.63) is 54.0 Å². The summed E-state index contributed by atoms with van der Waals surface area (Å²) in [5.41, 5.74) is 10.3. The Morgan fingerprint density at radius 2 is 2.21 bits per heavy atom. The first-order valence-electron chi connectivity index (χ1n) is 9.80. The van der Waals surface area contributed by atoms with Gasteiger partial charge in [-0.05, 0) is 42.5 Å². The van der Waals surface area contributed by atoms with E-state index < -0.39 is 0 Å². The predicted molar refractivity (Wildman–Crippen MR) is 110 cm³/mol. The Bertz CT molecular complexity index is 1020. The van der Waals surface area contributed by atoms with E-state index in [9.17, 15) is 4.79 Å². The fraction of sp³-hybridized carbons (Fsp3) is 0.333. The Hall–Kier alpha value is -3.26. The van der Waals surface area contributed by atoms with Crippen LogP contribution in [0.5, 0.6) is 0 Å². The highest BCUT2D eigenvalue weighted by molar-refractivity contribution is 5.83. The molecular weight excluding hydrogens is 368 g/mol. The lowest BCUT2D eigenvalue weighted by Crippen LogP contribution is -2.21. The minimum absolute atomic E-state index is 0.0255. The van der Waals surface area contributed by atoms with Crippen LogP contribution in [-0.2, 0) is 17.8 Å². The molecule has 2 aromatic heterocycles. The number of nitrogens with zero attached hydrogens (tertiary/aromatic N) is 4. The first-order valence-corrected chi connectivity index (χ1v) is 9.80. The van der Waals surface area contributed by atoms with Gasteiger partial charge < -0.3 is 16.2 Å². The van der Waals surface area contributed by atoms with Crippen molar-refractivity contribution in [1.29, 1.82) is 0 Å². The van der Waals surface area contributed by atoms with Gasteiger partial charge in [0.05, 0.1) is 36.6 Å². The van der Waals surface area contributed by atoms with E-state index in [4.69, 9.17) is 10.8 Å². The molecule has 150 valence electrons. The van der Waals surface area contributed by atoms with Crippen LogP contribution in [0.2, 0.25) is 0 Å². The number of fused-ring (bicyclic) bond motifs is 1. The number of benzene rings is 1. The van der Waals surface area contributed by atoms with Crippen molar-refractivity contribution in [3.8, 4) is 11.3 Å². The van der Waals surface area contributed by atoms with Crippen LogP contribution in [0.25, 0.3) is 11.3 Å². The topological polar surface area (TPSA) is 119 Å². The van der Waals surface area contributed by atoms with E-state index in [1.165, 1.54) is 5.56 Å². The van der Waals surface area contributed by atoms with Gasteiger partial charge in [0.2, 0.25) is 11.9 Å². The third kappa shape index (κ3) is 4.27.